The van der Waals surface area contributed by atoms with Gasteiger partial charge in [0, 0.05) is 31.5 Å². The molecule has 0 aliphatic carbocycles. The molecule has 1 saturated heterocycles. The highest BCUT2D eigenvalue weighted by molar-refractivity contribution is 6.34. The molecule has 29 heavy (non-hydrogen) atoms. The first-order valence-electron chi connectivity index (χ1n) is 10.4. The molecule has 2 aromatic rings. The van der Waals surface area contributed by atoms with E-state index in [1.54, 1.807) is 4.90 Å². The number of hydrogen-bond acceptors (Lipinski definition) is 3. The quantitative estimate of drug-likeness (QED) is 0.789. The number of nitrogens with zero attached hydrogens (tertiary/aromatic N) is 1. The fourth-order valence-corrected chi connectivity index (χ4v) is 4.50. The fraction of sp³-hybridized carbons (Fsp3) is 0.375. The van der Waals surface area contributed by atoms with Gasteiger partial charge in [-0.25, -0.2) is 0 Å². The molecule has 1 N–H and O–H groups in total. The number of carbonyl (C=O) groups is 1. The highest BCUT2D eigenvalue weighted by Gasteiger charge is 2.37. The number of nitrogens with one attached hydrogen (secondary N) is 1. The number of rotatable bonds is 4. The van der Waals surface area contributed by atoms with Crippen LogP contribution in [0.15, 0.2) is 48.5 Å². The zero-order valence-electron chi connectivity index (χ0n) is 17.0. The van der Waals surface area contributed by atoms with Crippen LogP contribution < -0.4 is 10.1 Å². The summed E-state index contributed by atoms with van der Waals surface area (Å²) in [6.45, 7) is 7.16. The predicted octanol–water partition coefficient (Wildman–Crippen LogP) is 4.77. The molecule has 1 amide bonds. The van der Waals surface area contributed by atoms with E-state index in [-0.39, 0.29) is 11.5 Å². The Hall–Kier alpha value is -2.30. The molecule has 0 bridgehead atoms. The van der Waals surface area contributed by atoms with Gasteiger partial charge in [0.1, 0.15) is 11.4 Å². The van der Waals surface area contributed by atoms with Gasteiger partial charge in [0.15, 0.2) is 0 Å². The van der Waals surface area contributed by atoms with Crippen molar-refractivity contribution in [2.45, 2.75) is 32.3 Å². The molecule has 0 unspecified atom stereocenters. The van der Waals surface area contributed by atoms with Crippen LogP contribution in [-0.4, -0.2) is 42.6 Å². The molecule has 2 aliphatic heterocycles. The SMILES string of the molecule is CCN(CC)C(=O)c1ccc(C2=CC3(CCNCC3)Oc3ccccc32)cc1Cl. The first-order valence-corrected chi connectivity index (χ1v) is 10.8. The molecule has 1 spiro atoms. The summed E-state index contributed by atoms with van der Waals surface area (Å²) in [7, 11) is 0. The molecule has 2 aromatic carbocycles. The van der Waals surface area contributed by atoms with Crippen molar-refractivity contribution < 1.29 is 9.53 Å². The molecular formula is C24H27ClN2O2. The van der Waals surface area contributed by atoms with E-state index in [2.05, 4.69) is 17.5 Å². The Kier molecular flexibility index (Phi) is 5.66. The Bertz CT molecular complexity index is 944. The first kappa shape index (κ1) is 20.0. The van der Waals surface area contributed by atoms with E-state index in [1.807, 2.05) is 50.2 Å². The molecule has 4 nitrogen and oxygen atoms in total. The van der Waals surface area contributed by atoms with Crippen LogP contribution in [-0.2, 0) is 0 Å². The van der Waals surface area contributed by atoms with Crippen LogP contribution in [0.1, 0.15) is 48.2 Å². The van der Waals surface area contributed by atoms with Crippen molar-refractivity contribution in [2.24, 2.45) is 0 Å². The molecule has 2 aliphatic rings. The van der Waals surface area contributed by atoms with Gasteiger partial charge in [0.2, 0.25) is 0 Å². The summed E-state index contributed by atoms with van der Waals surface area (Å²) in [5.41, 5.74) is 3.46. The normalized spacial score (nSPS) is 17.3. The average Bonchev–Trinajstić information content (AvgIpc) is 2.74. The van der Waals surface area contributed by atoms with Crippen molar-refractivity contribution in [3.63, 3.8) is 0 Å². The third kappa shape index (κ3) is 3.79. The highest BCUT2D eigenvalue weighted by atomic mass is 35.5. The number of benzene rings is 2. The molecular weight excluding hydrogens is 384 g/mol. The van der Waals surface area contributed by atoms with E-state index in [1.165, 1.54) is 0 Å². The lowest BCUT2D eigenvalue weighted by Gasteiger charge is -2.40. The van der Waals surface area contributed by atoms with Crippen LogP contribution in [0.4, 0.5) is 0 Å². The second kappa shape index (κ2) is 8.21. The summed E-state index contributed by atoms with van der Waals surface area (Å²) in [6.07, 6.45) is 4.11. The number of carbonyl (C=O) groups excluding carboxylic acids is 1. The standard InChI is InChI=1S/C24H27ClN2O2/c1-3-27(4-2)23(28)19-10-9-17(15-21(19)25)20-16-24(11-13-26-14-12-24)29-22-8-6-5-7-18(20)22/h5-10,15-16,26H,3-4,11-14H2,1-2H3. The van der Waals surface area contributed by atoms with E-state index in [0.717, 1.165) is 48.4 Å². The molecule has 5 heteroatoms. The lowest BCUT2D eigenvalue weighted by molar-refractivity contribution is 0.0772. The first-order chi connectivity index (χ1) is 14.1. The number of hydrogen-bond donors (Lipinski definition) is 1. The monoisotopic (exact) mass is 410 g/mol. The van der Waals surface area contributed by atoms with Crippen LogP contribution in [0.25, 0.3) is 5.57 Å². The van der Waals surface area contributed by atoms with E-state index in [9.17, 15) is 4.79 Å². The molecule has 2 heterocycles. The molecule has 0 saturated carbocycles. The van der Waals surface area contributed by atoms with Crippen LogP contribution in [0, 0.1) is 0 Å². The van der Waals surface area contributed by atoms with Crippen molar-refractivity contribution >= 4 is 23.1 Å². The van der Waals surface area contributed by atoms with E-state index >= 15 is 0 Å². The maximum atomic E-state index is 12.8. The van der Waals surface area contributed by atoms with Crippen LogP contribution >= 0.6 is 11.6 Å². The fourth-order valence-electron chi connectivity index (χ4n) is 4.24. The summed E-state index contributed by atoms with van der Waals surface area (Å²) in [6, 6.07) is 13.9. The second-order valence-corrected chi connectivity index (χ2v) is 8.05. The van der Waals surface area contributed by atoms with Gasteiger partial charge in [-0.15, -0.1) is 0 Å². The van der Waals surface area contributed by atoms with Crippen molar-refractivity contribution in [1.29, 1.82) is 0 Å². The largest absolute Gasteiger partial charge is 0.482 e. The molecule has 0 atom stereocenters. The van der Waals surface area contributed by atoms with E-state index in [4.69, 9.17) is 16.3 Å². The molecule has 1 fully saturated rings. The summed E-state index contributed by atoms with van der Waals surface area (Å²) >= 11 is 6.59. The third-order valence-electron chi connectivity index (χ3n) is 5.91. The van der Waals surface area contributed by atoms with Gasteiger partial charge in [-0.3, -0.25) is 4.79 Å². The summed E-state index contributed by atoms with van der Waals surface area (Å²) in [5.74, 6) is 0.883. The minimum absolute atomic E-state index is 0.0252. The lowest BCUT2D eigenvalue weighted by atomic mass is 9.83. The second-order valence-electron chi connectivity index (χ2n) is 7.64. The Morgan fingerprint density at radius 3 is 2.55 bits per heavy atom. The topological polar surface area (TPSA) is 41.6 Å². The van der Waals surface area contributed by atoms with Crippen LogP contribution in [0.5, 0.6) is 5.75 Å². The maximum Gasteiger partial charge on any atom is 0.255 e. The van der Waals surface area contributed by atoms with Crippen molar-refractivity contribution in [2.75, 3.05) is 26.2 Å². The Balaban J connectivity index is 1.76. The predicted molar refractivity (Wildman–Crippen MR) is 118 cm³/mol. The summed E-state index contributed by atoms with van der Waals surface area (Å²) in [5, 5.41) is 3.90. The van der Waals surface area contributed by atoms with Gasteiger partial charge in [-0.1, -0.05) is 35.9 Å². The van der Waals surface area contributed by atoms with Crippen molar-refractivity contribution in [1.82, 2.24) is 10.2 Å². The van der Waals surface area contributed by atoms with Gasteiger partial charge >= 0.3 is 0 Å². The Morgan fingerprint density at radius 1 is 1.14 bits per heavy atom. The van der Waals surface area contributed by atoms with Crippen molar-refractivity contribution in [3.8, 4) is 5.75 Å². The summed E-state index contributed by atoms with van der Waals surface area (Å²) < 4.78 is 6.45. The minimum atomic E-state index is -0.295. The molecule has 0 aromatic heterocycles. The number of ether oxygens (including phenoxy) is 1. The van der Waals surface area contributed by atoms with Gasteiger partial charge in [-0.05, 0) is 62.3 Å². The smallest absolute Gasteiger partial charge is 0.255 e. The third-order valence-corrected chi connectivity index (χ3v) is 6.22. The highest BCUT2D eigenvalue weighted by Crippen LogP contribution is 2.43. The van der Waals surface area contributed by atoms with Crippen LogP contribution in [0.3, 0.4) is 0 Å². The Morgan fingerprint density at radius 2 is 1.86 bits per heavy atom. The minimum Gasteiger partial charge on any atom is -0.482 e. The van der Waals surface area contributed by atoms with Gasteiger partial charge in [0.25, 0.3) is 5.91 Å². The maximum absolute atomic E-state index is 12.8. The van der Waals surface area contributed by atoms with Gasteiger partial charge in [0.05, 0.1) is 10.6 Å². The number of para-hydroxylation sites is 1. The van der Waals surface area contributed by atoms with Crippen LogP contribution in [0.2, 0.25) is 5.02 Å². The number of fused-ring (bicyclic) bond motifs is 1. The lowest BCUT2D eigenvalue weighted by Crippen LogP contribution is -2.46. The van der Waals surface area contributed by atoms with E-state index < -0.39 is 0 Å². The van der Waals surface area contributed by atoms with Crippen molar-refractivity contribution in [3.05, 3.63) is 70.3 Å². The average molecular weight is 411 g/mol. The number of halogens is 1. The Labute approximate surface area is 177 Å². The zero-order valence-corrected chi connectivity index (χ0v) is 17.8. The number of piperidine rings is 1. The number of amides is 1. The molecule has 152 valence electrons. The molecule has 4 rings (SSSR count). The van der Waals surface area contributed by atoms with Gasteiger partial charge < -0.3 is 15.0 Å². The molecule has 0 radical (unpaired) electrons. The van der Waals surface area contributed by atoms with Gasteiger partial charge in [-0.2, -0.15) is 0 Å². The summed E-state index contributed by atoms with van der Waals surface area (Å²) in [4.78, 5) is 14.5. The zero-order chi connectivity index (χ0) is 20.4. The van der Waals surface area contributed by atoms with E-state index in [0.29, 0.717) is 23.7 Å².